The molecule has 4 aliphatic carbocycles. The molecule has 2 bridgehead atoms. The highest BCUT2D eigenvalue weighted by atomic mass is 16.6. The van der Waals surface area contributed by atoms with Gasteiger partial charge in [0.05, 0.1) is 11.5 Å². The third-order valence-corrected chi connectivity index (χ3v) is 8.51. The van der Waals surface area contributed by atoms with Crippen molar-refractivity contribution in [3.05, 3.63) is 12.2 Å². The van der Waals surface area contributed by atoms with Gasteiger partial charge in [-0.05, 0) is 43.9 Å². The fourth-order valence-corrected chi connectivity index (χ4v) is 7.85. The smallest absolute Gasteiger partial charge is 0.312 e. The van der Waals surface area contributed by atoms with Gasteiger partial charge in [0.15, 0.2) is 0 Å². The number of allylic oxidation sites excluding steroid dienone is 1. The maximum atomic E-state index is 13.2. The van der Waals surface area contributed by atoms with Crippen molar-refractivity contribution in [3.8, 4) is 0 Å². The fourth-order valence-electron chi connectivity index (χ4n) is 7.85. The van der Waals surface area contributed by atoms with Gasteiger partial charge in [0.25, 0.3) is 0 Å². The zero-order chi connectivity index (χ0) is 17.1. The van der Waals surface area contributed by atoms with Crippen molar-refractivity contribution < 1.29 is 19.4 Å². The average Bonchev–Trinajstić information content (AvgIpc) is 2.91. The normalized spacial score (nSPS) is 58.3. The average molecular weight is 330 g/mol. The lowest BCUT2D eigenvalue weighted by Crippen LogP contribution is -2.67. The Hall–Kier alpha value is -1.16. The Morgan fingerprint density at radius 1 is 1.25 bits per heavy atom. The molecule has 0 aromatic carbocycles. The summed E-state index contributed by atoms with van der Waals surface area (Å²) in [6.07, 6.45) is 3.61. The fraction of sp³-hybridized carbons (Fsp3) is 0.800. The van der Waals surface area contributed by atoms with E-state index in [1.54, 1.807) is 0 Å². The summed E-state index contributed by atoms with van der Waals surface area (Å²) in [6, 6.07) is 0. The minimum absolute atomic E-state index is 0.0498. The van der Waals surface area contributed by atoms with Crippen molar-refractivity contribution in [2.24, 2.45) is 34.0 Å². The Kier molecular flexibility index (Phi) is 2.61. The van der Waals surface area contributed by atoms with Gasteiger partial charge in [0.1, 0.15) is 11.9 Å². The number of aliphatic hydroxyl groups excluding tert-OH is 1. The van der Waals surface area contributed by atoms with E-state index in [-0.39, 0.29) is 34.9 Å². The predicted octanol–water partition coefficient (Wildman–Crippen LogP) is 2.64. The summed E-state index contributed by atoms with van der Waals surface area (Å²) in [5.41, 5.74) is -0.159. The van der Waals surface area contributed by atoms with Crippen LogP contribution in [0, 0.1) is 34.0 Å². The number of carbonyl (C=O) groups is 2. The van der Waals surface area contributed by atoms with E-state index >= 15 is 0 Å². The Morgan fingerprint density at radius 3 is 2.75 bits per heavy atom. The lowest BCUT2D eigenvalue weighted by Gasteiger charge is -2.62. The van der Waals surface area contributed by atoms with Gasteiger partial charge in [-0.25, -0.2) is 0 Å². The number of esters is 1. The van der Waals surface area contributed by atoms with E-state index in [1.165, 1.54) is 0 Å². The number of ether oxygens (including phenoxy) is 1. The monoisotopic (exact) mass is 330 g/mol. The minimum Gasteiger partial charge on any atom is -0.459 e. The van der Waals surface area contributed by atoms with Gasteiger partial charge >= 0.3 is 5.97 Å². The molecule has 8 atom stereocenters. The number of hydrogen-bond acceptors (Lipinski definition) is 4. The minimum atomic E-state index is -0.740. The van der Waals surface area contributed by atoms with Crippen LogP contribution in [0.2, 0.25) is 0 Å². The molecule has 5 rings (SSSR count). The third-order valence-electron chi connectivity index (χ3n) is 8.51. The quantitative estimate of drug-likeness (QED) is 0.548. The Balaban J connectivity index is 1.73. The highest BCUT2D eigenvalue weighted by molar-refractivity contribution is 5.87. The number of ketones is 1. The van der Waals surface area contributed by atoms with Crippen molar-refractivity contribution in [1.29, 1.82) is 0 Å². The summed E-state index contributed by atoms with van der Waals surface area (Å²) in [6.45, 7) is 8.39. The van der Waals surface area contributed by atoms with Crippen LogP contribution in [0.5, 0.6) is 0 Å². The SMILES string of the molecule is C=C1C[C@]23C[C@H]1CC(=O)[C@H]2[C@]1(C)CCC[C@@]2(C)C(=O)O[C@@H]([C@H]3O)[C@@H]12. The molecule has 0 unspecified atom stereocenters. The van der Waals surface area contributed by atoms with Gasteiger partial charge in [-0.3, -0.25) is 9.59 Å². The summed E-state index contributed by atoms with van der Waals surface area (Å²) in [5.74, 6) is 0.111. The van der Waals surface area contributed by atoms with Crippen LogP contribution in [0.4, 0.5) is 0 Å². The molecule has 4 nitrogen and oxygen atoms in total. The molecular formula is C20H26O4. The lowest BCUT2D eigenvalue weighted by molar-refractivity contribution is -0.215. The molecule has 0 aromatic rings. The molecule has 5 fully saturated rings. The summed E-state index contributed by atoms with van der Waals surface area (Å²) in [4.78, 5) is 25.9. The van der Waals surface area contributed by atoms with E-state index in [9.17, 15) is 14.7 Å². The molecule has 4 saturated carbocycles. The second-order valence-corrected chi connectivity index (χ2v) is 9.64. The summed E-state index contributed by atoms with van der Waals surface area (Å²) in [5, 5.41) is 11.3. The molecule has 4 heteroatoms. The second-order valence-electron chi connectivity index (χ2n) is 9.64. The first-order valence-corrected chi connectivity index (χ1v) is 9.34. The van der Waals surface area contributed by atoms with E-state index < -0.39 is 23.0 Å². The Morgan fingerprint density at radius 2 is 2.00 bits per heavy atom. The van der Waals surface area contributed by atoms with E-state index in [0.717, 1.165) is 31.3 Å². The zero-order valence-electron chi connectivity index (χ0n) is 14.5. The molecule has 1 saturated heterocycles. The number of aliphatic hydroxyl groups is 1. The van der Waals surface area contributed by atoms with Crippen molar-refractivity contribution in [1.82, 2.24) is 0 Å². The van der Waals surface area contributed by atoms with Crippen LogP contribution in [0.15, 0.2) is 12.2 Å². The molecule has 1 heterocycles. The topological polar surface area (TPSA) is 63.6 Å². The molecule has 1 spiro atoms. The maximum Gasteiger partial charge on any atom is 0.312 e. The number of carbonyl (C=O) groups excluding carboxylic acids is 2. The summed E-state index contributed by atoms with van der Waals surface area (Å²) in [7, 11) is 0. The van der Waals surface area contributed by atoms with E-state index in [0.29, 0.717) is 12.8 Å². The van der Waals surface area contributed by atoms with Crippen molar-refractivity contribution >= 4 is 11.8 Å². The molecule has 24 heavy (non-hydrogen) atoms. The third kappa shape index (κ3) is 1.39. The Bertz CT molecular complexity index is 683. The molecule has 1 N–H and O–H groups in total. The van der Waals surface area contributed by atoms with Gasteiger partial charge in [-0.15, -0.1) is 0 Å². The summed E-state index contributed by atoms with van der Waals surface area (Å²) >= 11 is 0. The first-order chi connectivity index (χ1) is 11.2. The Labute approximate surface area is 142 Å². The number of hydrogen-bond donors (Lipinski definition) is 1. The first-order valence-electron chi connectivity index (χ1n) is 9.34. The van der Waals surface area contributed by atoms with Crippen LogP contribution >= 0.6 is 0 Å². The van der Waals surface area contributed by atoms with Crippen molar-refractivity contribution in [2.75, 3.05) is 0 Å². The highest BCUT2D eigenvalue weighted by Gasteiger charge is 2.76. The van der Waals surface area contributed by atoms with Crippen molar-refractivity contribution in [3.63, 3.8) is 0 Å². The van der Waals surface area contributed by atoms with Gasteiger partial charge < -0.3 is 9.84 Å². The van der Waals surface area contributed by atoms with Crippen molar-refractivity contribution in [2.45, 2.75) is 64.6 Å². The molecular weight excluding hydrogens is 304 g/mol. The summed E-state index contributed by atoms with van der Waals surface area (Å²) < 4.78 is 5.79. The van der Waals surface area contributed by atoms with Gasteiger partial charge in [0, 0.05) is 23.7 Å². The van der Waals surface area contributed by atoms with E-state index in [2.05, 4.69) is 13.5 Å². The number of Topliss-reactive ketones (excluding diaryl/α,β-unsaturated/α-hetero) is 1. The van der Waals surface area contributed by atoms with Gasteiger partial charge in [-0.1, -0.05) is 25.5 Å². The first kappa shape index (κ1) is 15.1. The van der Waals surface area contributed by atoms with Gasteiger partial charge in [-0.2, -0.15) is 0 Å². The lowest BCUT2D eigenvalue weighted by atomic mass is 9.40. The van der Waals surface area contributed by atoms with Crippen LogP contribution in [0.1, 0.15) is 52.4 Å². The number of rotatable bonds is 0. The molecule has 0 radical (unpaired) electrons. The van der Waals surface area contributed by atoms with E-state index in [4.69, 9.17) is 4.74 Å². The number of fused-ring (bicyclic) bond motifs is 2. The molecule has 1 aliphatic heterocycles. The largest absolute Gasteiger partial charge is 0.459 e. The van der Waals surface area contributed by atoms with Crippen LogP contribution in [0.25, 0.3) is 0 Å². The molecule has 0 amide bonds. The standard InChI is InChI=1S/C20H26O4/c1-10-8-20-9-11(10)7-12(21)14(20)18(2)5-4-6-19(3)15(18)13(16(20)22)24-17(19)23/h11,13-16,22H,1,4-9H2,2-3H3/t11-,13-,14+,15+,16-,18+,19-,20+/m1/s1. The second kappa shape index (κ2) is 4.14. The molecule has 0 aromatic heterocycles. The van der Waals surface area contributed by atoms with Gasteiger partial charge in [0.2, 0.25) is 0 Å². The molecule has 130 valence electrons. The van der Waals surface area contributed by atoms with Crippen LogP contribution < -0.4 is 0 Å². The maximum absolute atomic E-state index is 13.2. The highest BCUT2D eigenvalue weighted by Crippen LogP contribution is 2.73. The van der Waals surface area contributed by atoms with Crippen LogP contribution in [0.3, 0.4) is 0 Å². The molecule has 5 aliphatic rings. The predicted molar refractivity (Wildman–Crippen MR) is 86.9 cm³/mol. The van der Waals surface area contributed by atoms with Crippen LogP contribution in [-0.4, -0.2) is 29.1 Å². The van der Waals surface area contributed by atoms with E-state index in [1.807, 2.05) is 6.92 Å². The zero-order valence-corrected chi connectivity index (χ0v) is 14.5. The van der Waals surface area contributed by atoms with Crippen LogP contribution in [-0.2, 0) is 14.3 Å².